The highest BCUT2D eigenvalue weighted by Gasteiger charge is 2.23. The van der Waals surface area contributed by atoms with Crippen LogP contribution in [0.1, 0.15) is 20.8 Å². The first-order valence-electron chi connectivity index (χ1n) is 6.04. The van der Waals surface area contributed by atoms with Crippen LogP contribution < -0.4 is 4.90 Å². The number of thioether (sulfide) groups is 1. The average molecular weight is 253 g/mol. The Balaban J connectivity index is 2.12. The number of rotatable bonds is 3. The number of hydrogen-bond acceptors (Lipinski definition) is 5. The van der Waals surface area contributed by atoms with Crippen molar-refractivity contribution in [2.75, 3.05) is 23.7 Å². The highest BCUT2D eigenvalue weighted by atomic mass is 32.2. The van der Waals surface area contributed by atoms with Gasteiger partial charge in [0.2, 0.25) is 0 Å². The van der Waals surface area contributed by atoms with Gasteiger partial charge in [-0.25, -0.2) is 9.97 Å². The Morgan fingerprint density at radius 1 is 1.35 bits per heavy atom. The van der Waals surface area contributed by atoms with E-state index in [0.29, 0.717) is 0 Å². The molecule has 0 amide bonds. The molecule has 4 nitrogen and oxygen atoms in total. The Bertz CT molecular complexity index is 365. The van der Waals surface area contributed by atoms with E-state index < -0.39 is 0 Å². The van der Waals surface area contributed by atoms with E-state index >= 15 is 0 Å². The lowest BCUT2D eigenvalue weighted by Crippen LogP contribution is -2.45. The summed E-state index contributed by atoms with van der Waals surface area (Å²) in [7, 11) is 0. The lowest BCUT2D eigenvalue weighted by Gasteiger charge is -2.36. The average Bonchev–Trinajstić information content (AvgIpc) is 2.28. The molecule has 1 saturated heterocycles. The molecule has 17 heavy (non-hydrogen) atoms. The van der Waals surface area contributed by atoms with Crippen LogP contribution in [0.25, 0.3) is 0 Å². The predicted octanol–water partition coefficient (Wildman–Crippen LogP) is 2.20. The molecule has 2 unspecified atom stereocenters. The van der Waals surface area contributed by atoms with Crippen molar-refractivity contribution in [2.45, 2.75) is 38.0 Å². The Hall–Kier alpha value is -0.810. The molecule has 1 aliphatic heterocycles. The van der Waals surface area contributed by atoms with Gasteiger partial charge >= 0.3 is 0 Å². The molecule has 2 rings (SSSR count). The first kappa shape index (κ1) is 12.6. The number of hydrogen-bond donors (Lipinski definition) is 0. The molecular weight excluding hydrogens is 234 g/mol. The molecular formula is C12H19N3OS. The zero-order valence-electron chi connectivity index (χ0n) is 10.6. The fraction of sp³-hybridized carbons (Fsp3) is 0.667. The largest absolute Gasteiger partial charge is 0.372 e. The molecule has 1 aromatic rings. The number of anilines is 1. The molecule has 0 aliphatic carbocycles. The third kappa shape index (κ3) is 3.33. The number of aromatic nitrogens is 2. The maximum Gasteiger partial charge on any atom is 0.133 e. The number of morpholine rings is 1. The van der Waals surface area contributed by atoms with E-state index in [1.807, 2.05) is 0 Å². The first-order valence-corrected chi connectivity index (χ1v) is 7.03. The summed E-state index contributed by atoms with van der Waals surface area (Å²) in [6.45, 7) is 8.14. The van der Waals surface area contributed by atoms with Crippen LogP contribution >= 0.6 is 11.8 Å². The van der Waals surface area contributed by atoms with Gasteiger partial charge in [-0.1, -0.05) is 6.92 Å². The van der Waals surface area contributed by atoms with Crippen molar-refractivity contribution in [3.05, 3.63) is 12.4 Å². The van der Waals surface area contributed by atoms with E-state index in [1.54, 1.807) is 18.1 Å². The van der Waals surface area contributed by atoms with Crippen LogP contribution in [0, 0.1) is 0 Å². The summed E-state index contributed by atoms with van der Waals surface area (Å²) in [5.74, 6) is 2.05. The van der Waals surface area contributed by atoms with Gasteiger partial charge in [-0.3, -0.25) is 0 Å². The maximum atomic E-state index is 5.73. The van der Waals surface area contributed by atoms with E-state index in [-0.39, 0.29) is 12.2 Å². The van der Waals surface area contributed by atoms with Crippen LogP contribution in [0.2, 0.25) is 0 Å². The minimum Gasteiger partial charge on any atom is -0.372 e. The Kier molecular flexibility index (Phi) is 4.23. The second-order valence-electron chi connectivity index (χ2n) is 4.31. The summed E-state index contributed by atoms with van der Waals surface area (Å²) in [6.07, 6.45) is 2.17. The minimum atomic E-state index is 0.260. The molecule has 0 spiro atoms. The van der Waals surface area contributed by atoms with Gasteiger partial charge < -0.3 is 9.64 Å². The van der Waals surface area contributed by atoms with Crippen molar-refractivity contribution < 1.29 is 4.74 Å². The van der Waals surface area contributed by atoms with Gasteiger partial charge in [0.05, 0.1) is 12.2 Å². The second kappa shape index (κ2) is 5.69. The third-order valence-electron chi connectivity index (χ3n) is 2.66. The SMILES string of the molecule is CCSc1cc(N2CC(C)OC(C)C2)ncn1. The molecule has 0 N–H and O–H groups in total. The van der Waals surface area contributed by atoms with Crippen LogP contribution in [0.3, 0.4) is 0 Å². The van der Waals surface area contributed by atoms with Crippen molar-refractivity contribution in [1.29, 1.82) is 0 Å². The lowest BCUT2D eigenvalue weighted by molar-refractivity contribution is -0.00548. The molecule has 2 atom stereocenters. The van der Waals surface area contributed by atoms with E-state index in [4.69, 9.17) is 4.74 Å². The Morgan fingerprint density at radius 2 is 2.06 bits per heavy atom. The van der Waals surface area contributed by atoms with E-state index in [2.05, 4.69) is 41.7 Å². The van der Waals surface area contributed by atoms with Gasteiger partial charge in [0.15, 0.2) is 0 Å². The summed E-state index contributed by atoms with van der Waals surface area (Å²) >= 11 is 1.75. The van der Waals surface area contributed by atoms with Gasteiger partial charge in [-0.05, 0) is 19.6 Å². The van der Waals surface area contributed by atoms with Crippen LogP contribution in [-0.4, -0.2) is 41.0 Å². The summed E-state index contributed by atoms with van der Waals surface area (Å²) in [6, 6.07) is 2.07. The fourth-order valence-electron chi connectivity index (χ4n) is 2.09. The minimum absolute atomic E-state index is 0.260. The molecule has 1 aromatic heterocycles. The fourth-order valence-corrected chi connectivity index (χ4v) is 2.70. The number of ether oxygens (including phenoxy) is 1. The van der Waals surface area contributed by atoms with Gasteiger partial charge in [0.1, 0.15) is 17.2 Å². The quantitative estimate of drug-likeness (QED) is 0.610. The zero-order chi connectivity index (χ0) is 12.3. The molecule has 0 bridgehead atoms. The third-order valence-corrected chi connectivity index (χ3v) is 3.47. The van der Waals surface area contributed by atoms with Crippen molar-refractivity contribution in [3.63, 3.8) is 0 Å². The molecule has 0 aromatic carbocycles. The zero-order valence-corrected chi connectivity index (χ0v) is 11.4. The van der Waals surface area contributed by atoms with Crippen LogP contribution in [0.5, 0.6) is 0 Å². The van der Waals surface area contributed by atoms with Crippen LogP contribution in [-0.2, 0) is 4.74 Å². The summed E-state index contributed by atoms with van der Waals surface area (Å²) in [5.41, 5.74) is 0. The summed E-state index contributed by atoms with van der Waals surface area (Å²) in [4.78, 5) is 10.9. The highest BCUT2D eigenvalue weighted by molar-refractivity contribution is 7.99. The van der Waals surface area contributed by atoms with Crippen molar-refractivity contribution in [3.8, 4) is 0 Å². The van der Waals surface area contributed by atoms with Crippen molar-refractivity contribution >= 4 is 17.6 Å². The monoisotopic (exact) mass is 253 g/mol. The Labute approximate surface area is 107 Å². The smallest absolute Gasteiger partial charge is 0.133 e. The highest BCUT2D eigenvalue weighted by Crippen LogP contribution is 2.22. The van der Waals surface area contributed by atoms with E-state index in [0.717, 1.165) is 29.7 Å². The van der Waals surface area contributed by atoms with E-state index in [1.165, 1.54) is 0 Å². The second-order valence-corrected chi connectivity index (χ2v) is 5.59. The lowest BCUT2D eigenvalue weighted by atomic mass is 10.2. The topological polar surface area (TPSA) is 38.2 Å². The predicted molar refractivity (Wildman–Crippen MR) is 70.7 cm³/mol. The standard InChI is InChI=1S/C12H19N3OS/c1-4-17-12-5-11(13-8-14-12)15-6-9(2)16-10(3)7-15/h5,8-10H,4,6-7H2,1-3H3. The van der Waals surface area contributed by atoms with Crippen LogP contribution in [0.15, 0.2) is 17.4 Å². The molecule has 2 heterocycles. The van der Waals surface area contributed by atoms with Gasteiger partial charge in [-0.2, -0.15) is 0 Å². The molecule has 1 fully saturated rings. The van der Waals surface area contributed by atoms with Gasteiger partial charge in [0, 0.05) is 19.2 Å². The van der Waals surface area contributed by atoms with Crippen molar-refractivity contribution in [2.24, 2.45) is 0 Å². The Morgan fingerprint density at radius 3 is 2.71 bits per heavy atom. The summed E-state index contributed by atoms with van der Waals surface area (Å²) < 4.78 is 5.73. The maximum absolute atomic E-state index is 5.73. The van der Waals surface area contributed by atoms with Gasteiger partial charge in [-0.15, -0.1) is 11.8 Å². The molecule has 1 aliphatic rings. The van der Waals surface area contributed by atoms with Gasteiger partial charge in [0.25, 0.3) is 0 Å². The normalized spacial score (nSPS) is 25.0. The van der Waals surface area contributed by atoms with Crippen molar-refractivity contribution in [1.82, 2.24) is 9.97 Å². The van der Waals surface area contributed by atoms with Crippen LogP contribution in [0.4, 0.5) is 5.82 Å². The van der Waals surface area contributed by atoms with E-state index in [9.17, 15) is 0 Å². The first-order chi connectivity index (χ1) is 8.19. The molecule has 5 heteroatoms. The number of nitrogens with zero attached hydrogens (tertiary/aromatic N) is 3. The summed E-state index contributed by atoms with van der Waals surface area (Å²) in [5, 5.41) is 1.05. The molecule has 0 radical (unpaired) electrons. The molecule has 0 saturated carbocycles. The molecule has 94 valence electrons.